The summed E-state index contributed by atoms with van der Waals surface area (Å²) in [5, 5.41) is 15.1. The van der Waals surface area contributed by atoms with E-state index in [1.807, 2.05) is 49.4 Å². The molecule has 0 fully saturated rings. The second-order valence-electron chi connectivity index (χ2n) is 5.19. The number of urea groups is 1. The molecule has 116 valence electrons. The molecule has 3 N–H and O–H groups in total. The predicted molar refractivity (Wildman–Crippen MR) is 85.3 cm³/mol. The third kappa shape index (κ3) is 4.86. The minimum absolute atomic E-state index is 0.105. The Balaban J connectivity index is 1.87. The fourth-order valence-corrected chi connectivity index (χ4v) is 2.22. The van der Waals surface area contributed by atoms with Crippen LogP contribution in [0.3, 0.4) is 0 Å². The Bertz CT molecular complexity index is 575. The van der Waals surface area contributed by atoms with Crippen molar-refractivity contribution in [2.75, 3.05) is 6.61 Å². The summed E-state index contributed by atoms with van der Waals surface area (Å²) in [4.78, 5) is 16.0. The minimum Gasteiger partial charge on any atom is -0.394 e. The maximum absolute atomic E-state index is 12.0. The fraction of sp³-hybridized carbons (Fsp3) is 0.294. The number of aliphatic hydroxyl groups is 1. The van der Waals surface area contributed by atoms with E-state index in [2.05, 4.69) is 15.6 Å². The lowest BCUT2D eigenvalue weighted by molar-refractivity contribution is 0.213. The highest BCUT2D eigenvalue weighted by molar-refractivity contribution is 5.74. The Kier molecular flexibility index (Phi) is 5.91. The first-order valence-corrected chi connectivity index (χ1v) is 7.30. The van der Waals surface area contributed by atoms with Crippen LogP contribution in [-0.2, 0) is 6.42 Å². The summed E-state index contributed by atoms with van der Waals surface area (Å²) in [6.07, 6.45) is 3.98. The second kappa shape index (κ2) is 8.14. The SMILES string of the molecule is C[C@@H](NC(=O)N[C@H](CO)Cc1ccccc1)c1ccncc1. The highest BCUT2D eigenvalue weighted by Gasteiger charge is 2.14. The average molecular weight is 299 g/mol. The lowest BCUT2D eigenvalue weighted by Crippen LogP contribution is -2.45. The Morgan fingerprint density at radius 3 is 2.45 bits per heavy atom. The molecule has 5 nitrogen and oxygen atoms in total. The molecule has 0 bridgehead atoms. The van der Waals surface area contributed by atoms with Gasteiger partial charge in [0.15, 0.2) is 0 Å². The van der Waals surface area contributed by atoms with Crippen molar-refractivity contribution in [2.24, 2.45) is 0 Å². The van der Waals surface area contributed by atoms with Gasteiger partial charge in [0, 0.05) is 12.4 Å². The van der Waals surface area contributed by atoms with Crippen molar-refractivity contribution in [3.63, 3.8) is 0 Å². The molecular formula is C17H21N3O2. The van der Waals surface area contributed by atoms with E-state index in [4.69, 9.17) is 0 Å². The molecule has 2 rings (SSSR count). The monoisotopic (exact) mass is 299 g/mol. The number of benzene rings is 1. The number of pyridine rings is 1. The van der Waals surface area contributed by atoms with Crippen LogP contribution in [0.2, 0.25) is 0 Å². The number of amides is 2. The van der Waals surface area contributed by atoms with E-state index in [0.29, 0.717) is 6.42 Å². The summed E-state index contributed by atoms with van der Waals surface area (Å²) in [6.45, 7) is 1.80. The standard InChI is InChI=1S/C17H21N3O2/c1-13(15-7-9-18-10-8-15)19-17(22)20-16(12-21)11-14-5-3-2-4-6-14/h2-10,13,16,21H,11-12H2,1H3,(H2,19,20,22)/t13-,16+/m1/s1. The summed E-state index contributed by atoms with van der Waals surface area (Å²) in [5.74, 6) is 0. The lowest BCUT2D eigenvalue weighted by atomic mass is 10.1. The summed E-state index contributed by atoms with van der Waals surface area (Å²) in [6, 6.07) is 12.8. The molecule has 0 saturated heterocycles. The Labute approximate surface area is 130 Å². The van der Waals surface area contributed by atoms with Crippen LogP contribution in [0.5, 0.6) is 0 Å². The molecule has 0 aliphatic carbocycles. The first-order chi connectivity index (χ1) is 10.7. The molecule has 2 aromatic rings. The van der Waals surface area contributed by atoms with Gasteiger partial charge in [0.25, 0.3) is 0 Å². The number of aliphatic hydroxyl groups excluding tert-OH is 1. The average Bonchev–Trinajstić information content (AvgIpc) is 2.56. The number of hydrogen-bond donors (Lipinski definition) is 3. The van der Waals surface area contributed by atoms with Gasteiger partial charge in [0.1, 0.15) is 0 Å². The molecule has 0 spiro atoms. The lowest BCUT2D eigenvalue weighted by Gasteiger charge is -2.20. The molecule has 5 heteroatoms. The van der Waals surface area contributed by atoms with Crippen molar-refractivity contribution < 1.29 is 9.90 Å². The van der Waals surface area contributed by atoms with Crippen LogP contribution in [0.25, 0.3) is 0 Å². The Morgan fingerprint density at radius 2 is 1.82 bits per heavy atom. The van der Waals surface area contributed by atoms with Gasteiger partial charge >= 0.3 is 6.03 Å². The number of nitrogens with one attached hydrogen (secondary N) is 2. The summed E-state index contributed by atoms with van der Waals surface area (Å²) in [5.41, 5.74) is 2.05. The number of aromatic nitrogens is 1. The smallest absolute Gasteiger partial charge is 0.315 e. The van der Waals surface area contributed by atoms with Gasteiger partial charge in [-0.3, -0.25) is 4.98 Å². The van der Waals surface area contributed by atoms with Crippen molar-refractivity contribution in [3.8, 4) is 0 Å². The van der Waals surface area contributed by atoms with Crippen molar-refractivity contribution in [3.05, 3.63) is 66.0 Å². The van der Waals surface area contributed by atoms with E-state index in [1.165, 1.54) is 0 Å². The molecule has 2 atom stereocenters. The van der Waals surface area contributed by atoms with E-state index in [0.717, 1.165) is 11.1 Å². The van der Waals surface area contributed by atoms with Gasteiger partial charge in [-0.15, -0.1) is 0 Å². The highest BCUT2D eigenvalue weighted by Crippen LogP contribution is 2.10. The number of rotatable bonds is 6. The van der Waals surface area contributed by atoms with Gasteiger partial charge in [-0.1, -0.05) is 30.3 Å². The molecule has 0 unspecified atom stereocenters. The van der Waals surface area contributed by atoms with Crippen LogP contribution in [0, 0.1) is 0 Å². The molecular weight excluding hydrogens is 278 g/mol. The topological polar surface area (TPSA) is 74.2 Å². The van der Waals surface area contributed by atoms with Gasteiger partial charge < -0.3 is 15.7 Å². The van der Waals surface area contributed by atoms with Crippen molar-refractivity contribution in [1.29, 1.82) is 0 Å². The van der Waals surface area contributed by atoms with Crippen LogP contribution >= 0.6 is 0 Å². The summed E-state index contributed by atoms with van der Waals surface area (Å²) >= 11 is 0. The first-order valence-electron chi connectivity index (χ1n) is 7.30. The van der Waals surface area contributed by atoms with Crippen molar-refractivity contribution in [1.82, 2.24) is 15.6 Å². The van der Waals surface area contributed by atoms with Gasteiger partial charge in [0.2, 0.25) is 0 Å². The first kappa shape index (κ1) is 16.0. The summed E-state index contributed by atoms with van der Waals surface area (Å²) < 4.78 is 0. The zero-order chi connectivity index (χ0) is 15.8. The molecule has 22 heavy (non-hydrogen) atoms. The normalized spacial score (nSPS) is 13.2. The quantitative estimate of drug-likeness (QED) is 0.764. The van der Waals surface area contributed by atoms with Gasteiger partial charge in [-0.25, -0.2) is 4.79 Å². The van der Waals surface area contributed by atoms with Gasteiger partial charge in [0.05, 0.1) is 18.7 Å². The van der Waals surface area contributed by atoms with Gasteiger partial charge in [-0.2, -0.15) is 0 Å². The third-order valence-electron chi connectivity index (χ3n) is 3.43. The van der Waals surface area contributed by atoms with E-state index in [-0.39, 0.29) is 24.7 Å². The summed E-state index contributed by atoms with van der Waals surface area (Å²) in [7, 11) is 0. The minimum atomic E-state index is -0.313. The predicted octanol–water partition coefficient (Wildman–Crippen LogP) is 2.05. The van der Waals surface area contributed by atoms with E-state index < -0.39 is 0 Å². The maximum Gasteiger partial charge on any atom is 0.315 e. The highest BCUT2D eigenvalue weighted by atomic mass is 16.3. The third-order valence-corrected chi connectivity index (χ3v) is 3.43. The number of carbonyl (C=O) groups is 1. The fourth-order valence-electron chi connectivity index (χ4n) is 2.22. The van der Waals surface area contributed by atoms with Crippen LogP contribution in [0.1, 0.15) is 24.1 Å². The molecule has 1 aromatic carbocycles. The molecule has 0 aliphatic rings. The number of carbonyl (C=O) groups excluding carboxylic acids is 1. The zero-order valence-electron chi connectivity index (χ0n) is 12.6. The number of hydrogen-bond acceptors (Lipinski definition) is 3. The molecule has 0 radical (unpaired) electrons. The van der Waals surface area contributed by atoms with Crippen LogP contribution in [0.15, 0.2) is 54.9 Å². The molecule has 0 aliphatic heterocycles. The largest absolute Gasteiger partial charge is 0.394 e. The van der Waals surface area contributed by atoms with Crippen molar-refractivity contribution in [2.45, 2.75) is 25.4 Å². The van der Waals surface area contributed by atoms with Crippen molar-refractivity contribution >= 4 is 6.03 Å². The van der Waals surface area contributed by atoms with Crippen LogP contribution < -0.4 is 10.6 Å². The molecule has 1 aromatic heterocycles. The molecule has 1 heterocycles. The van der Waals surface area contributed by atoms with E-state index >= 15 is 0 Å². The van der Waals surface area contributed by atoms with Gasteiger partial charge in [-0.05, 0) is 36.6 Å². The maximum atomic E-state index is 12.0. The Morgan fingerprint density at radius 1 is 1.14 bits per heavy atom. The Hall–Kier alpha value is -2.40. The second-order valence-corrected chi connectivity index (χ2v) is 5.19. The van der Waals surface area contributed by atoms with Crippen LogP contribution in [-0.4, -0.2) is 28.8 Å². The molecule has 0 saturated carbocycles. The number of nitrogens with zero attached hydrogens (tertiary/aromatic N) is 1. The zero-order valence-corrected chi connectivity index (χ0v) is 12.6. The van der Waals surface area contributed by atoms with Crippen LogP contribution in [0.4, 0.5) is 4.79 Å². The van der Waals surface area contributed by atoms with E-state index in [1.54, 1.807) is 12.4 Å². The van der Waals surface area contributed by atoms with E-state index in [9.17, 15) is 9.90 Å². The molecule has 2 amide bonds.